The van der Waals surface area contributed by atoms with Gasteiger partial charge in [-0.2, -0.15) is 0 Å². The summed E-state index contributed by atoms with van der Waals surface area (Å²) >= 11 is 0. The molecular formula is C30H34FN5O3. The summed E-state index contributed by atoms with van der Waals surface area (Å²) in [5.41, 5.74) is 3.66. The molecule has 2 saturated heterocycles. The first kappa shape index (κ1) is 26.5. The predicted molar refractivity (Wildman–Crippen MR) is 149 cm³/mol. The van der Waals surface area contributed by atoms with Crippen molar-refractivity contribution in [3.05, 3.63) is 82.8 Å². The Kier molecular flexibility index (Phi) is 7.41. The fourth-order valence-electron chi connectivity index (χ4n) is 5.43. The third-order valence-corrected chi connectivity index (χ3v) is 7.45. The van der Waals surface area contributed by atoms with E-state index < -0.39 is 5.82 Å². The predicted octanol–water partition coefficient (Wildman–Crippen LogP) is 4.64. The number of halogens is 1. The van der Waals surface area contributed by atoms with Crippen molar-refractivity contribution in [3.63, 3.8) is 0 Å². The molecule has 2 aliphatic heterocycles. The first-order chi connectivity index (χ1) is 18.7. The Bertz CT molecular complexity index is 1370. The number of carbonyl (C=O) groups excluding carboxylic acids is 2. The van der Waals surface area contributed by atoms with Crippen LogP contribution in [-0.2, 0) is 6.54 Å². The van der Waals surface area contributed by atoms with E-state index in [2.05, 4.69) is 16.0 Å². The lowest BCUT2D eigenvalue weighted by atomic mass is 10.1. The van der Waals surface area contributed by atoms with Crippen LogP contribution in [0.15, 0.2) is 54.7 Å². The molecule has 8 nitrogen and oxygen atoms in total. The molecule has 3 heterocycles. The molecule has 0 saturated carbocycles. The average molecular weight is 532 g/mol. The second kappa shape index (κ2) is 10.9. The molecule has 2 aliphatic rings. The normalized spacial score (nSPS) is 17.7. The van der Waals surface area contributed by atoms with Crippen LogP contribution >= 0.6 is 0 Å². The maximum Gasteiger partial charge on any atom is 0.325 e. The fraction of sp³-hybridized carbons (Fsp3) is 0.367. The van der Waals surface area contributed by atoms with Gasteiger partial charge < -0.3 is 19.4 Å². The van der Waals surface area contributed by atoms with Crippen LogP contribution in [0.1, 0.15) is 34.0 Å². The molecule has 0 spiro atoms. The Morgan fingerprint density at radius 2 is 1.77 bits per heavy atom. The molecule has 1 atom stereocenters. The molecule has 0 unspecified atom stereocenters. The van der Waals surface area contributed by atoms with Crippen molar-refractivity contribution < 1.29 is 18.7 Å². The Morgan fingerprint density at radius 3 is 2.41 bits per heavy atom. The zero-order valence-corrected chi connectivity index (χ0v) is 22.9. The topological polar surface area (TPSA) is 69.2 Å². The number of hydrogen-bond acceptors (Lipinski definition) is 5. The van der Waals surface area contributed by atoms with Gasteiger partial charge in [0, 0.05) is 51.2 Å². The molecule has 0 radical (unpaired) electrons. The third kappa shape index (κ3) is 5.39. The van der Waals surface area contributed by atoms with Crippen LogP contribution in [0.4, 0.5) is 20.7 Å². The number of hydrogen-bond donors (Lipinski definition) is 0. The van der Waals surface area contributed by atoms with Crippen LogP contribution < -0.4 is 14.5 Å². The van der Waals surface area contributed by atoms with Gasteiger partial charge in [0.25, 0.3) is 5.91 Å². The first-order valence-electron chi connectivity index (χ1n) is 13.2. The summed E-state index contributed by atoms with van der Waals surface area (Å²) < 4.78 is 20.5. The van der Waals surface area contributed by atoms with Gasteiger partial charge >= 0.3 is 6.03 Å². The maximum atomic E-state index is 15.3. The van der Waals surface area contributed by atoms with Crippen LogP contribution in [0.25, 0.3) is 0 Å². The van der Waals surface area contributed by atoms with Crippen LogP contribution in [0.5, 0.6) is 5.75 Å². The lowest BCUT2D eigenvalue weighted by Crippen LogP contribution is -2.49. The SMILES string of the molecule is COc1ccc(CN2C[C@H](C)N(c3ccc(C(=O)N4CCN(c5ncc(C)cc5C)CC4)c(F)c3)C2=O)cc1. The van der Waals surface area contributed by atoms with Gasteiger partial charge in [-0.15, -0.1) is 0 Å². The van der Waals surface area contributed by atoms with E-state index in [1.165, 1.54) is 12.1 Å². The van der Waals surface area contributed by atoms with Gasteiger partial charge in [-0.05, 0) is 67.8 Å². The third-order valence-electron chi connectivity index (χ3n) is 7.45. The van der Waals surface area contributed by atoms with Crippen molar-refractivity contribution in [3.8, 4) is 5.75 Å². The summed E-state index contributed by atoms with van der Waals surface area (Å²) in [5, 5.41) is 0. The number of piperazine rings is 1. The Hall–Kier alpha value is -4.14. The standard InChI is InChI=1S/C30H34FN5O3/c1-20-15-21(2)28(32-17-20)33-11-13-34(14-12-33)29(37)26-10-7-24(16-27(26)31)36-22(3)18-35(30(36)38)19-23-5-8-25(39-4)9-6-23/h5-10,15-17,22H,11-14,18-19H2,1-4H3/t22-/m0/s1. The van der Waals surface area contributed by atoms with Gasteiger partial charge in [-0.3, -0.25) is 9.69 Å². The van der Waals surface area contributed by atoms with Crippen molar-refractivity contribution in [2.75, 3.05) is 49.6 Å². The van der Waals surface area contributed by atoms with Gasteiger partial charge in [-0.1, -0.05) is 18.2 Å². The molecule has 0 N–H and O–H groups in total. The molecule has 2 aromatic carbocycles. The maximum absolute atomic E-state index is 15.3. The number of rotatable bonds is 6. The van der Waals surface area contributed by atoms with E-state index in [4.69, 9.17) is 4.74 Å². The zero-order chi connectivity index (χ0) is 27.7. The van der Waals surface area contributed by atoms with E-state index in [0.717, 1.165) is 28.3 Å². The molecule has 0 aliphatic carbocycles. The summed E-state index contributed by atoms with van der Waals surface area (Å²) in [6.07, 6.45) is 1.85. The smallest absolute Gasteiger partial charge is 0.325 e. The molecular weight excluding hydrogens is 497 g/mol. The van der Waals surface area contributed by atoms with Gasteiger partial charge in [0.15, 0.2) is 0 Å². The average Bonchev–Trinajstić information content (AvgIpc) is 3.21. The highest BCUT2D eigenvalue weighted by Gasteiger charge is 2.36. The highest BCUT2D eigenvalue weighted by molar-refractivity contribution is 5.97. The Morgan fingerprint density at radius 1 is 1.05 bits per heavy atom. The van der Waals surface area contributed by atoms with E-state index in [-0.39, 0.29) is 23.5 Å². The van der Waals surface area contributed by atoms with Gasteiger partial charge in [0.1, 0.15) is 17.4 Å². The molecule has 2 fully saturated rings. The number of benzene rings is 2. The summed E-state index contributed by atoms with van der Waals surface area (Å²) in [6.45, 7) is 9.19. The number of aryl methyl sites for hydroxylation is 2. The van der Waals surface area contributed by atoms with E-state index >= 15 is 4.39 Å². The minimum absolute atomic E-state index is 0.0197. The highest BCUT2D eigenvalue weighted by Crippen LogP contribution is 2.29. The highest BCUT2D eigenvalue weighted by atomic mass is 19.1. The first-order valence-corrected chi connectivity index (χ1v) is 13.2. The lowest BCUT2D eigenvalue weighted by Gasteiger charge is -2.36. The Balaban J connectivity index is 1.24. The van der Waals surface area contributed by atoms with E-state index in [1.54, 1.807) is 27.9 Å². The van der Waals surface area contributed by atoms with Gasteiger partial charge in [0.2, 0.25) is 0 Å². The molecule has 3 aromatic rings. The number of amides is 3. The quantitative estimate of drug-likeness (QED) is 0.464. The van der Waals surface area contributed by atoms with Crippen molar-refractivity contribution in [2.45, 2.75) is 33.4 Å². The number of urea groups is 1. The van der Waals surface area contributed by atoms with Gasteiger partial charge in [0.05, 0.1) is 18.7 Å². The van der Waals surface area contributed by atoms with Crippen LogP contribution in [0.3, 0.4) is 0 Å². The number of methoxy groups -OCH3 is 1. The van der Waals surface area contributed by atoms with Crippen LogP contribution in [-0.4, -0.2) is 72.6 Å². The lowest BCUT2D eigenvalue weighted by molar-refractivity contribution is 0.0742. The number of nitrogens with zero attached hydrogens (tertiary/aromatic N) is 5. The largest absolute Gasteiger partial charge is 0.497 e. The summed E-state index contributed by atoms with van der Waals surface area (Å²) in [6, 6.07) is 13.8. The minimum Gasteiger partial charge on any atom is -0.497 e. The molecule has 39 heavy (non-hydrogen) atoms. The summed E-state index contributed by atoms with van der Waals surface area (Å²) in [7, 11) is 1.61. The molecule has 3 amide bonds. The monoisotopic (exact) mass is 531 g/mol. The second-order valence-electron chi connectivity index (χ2n) is 10.3. The summed E-state index contributed by atoms with van der Waals surface area (Å²) in [4.78, 5) is 38.2. The van der Waals surface area contributed by atoms with Crippen molar-refractivity contribution in [1.82, 2.24) is 14.8 Å². The molecule has 204 valence electrons. The van der Waals surface area contributed by atoms with Crippen molar-refractivity contribution in [1.29, 1.82) is 0 Å². The second-order valence-corrected chi connectivity index (χ2v) is 10.3. The number of pyridine rings is 1. The minimum atomic E-state index is -0.621. The van der Waals surface area contributed by atoms with E-state index in [1.807, 2.05) is 51.2 Å². The van der Waals surface area contributed by atoms with E-state index in [9.17, 15) is 9.59 Å². The van der Waals surface area contributed by atoms with Crippen molar-refractivity contribution >= 4 is 23.4 Å². The molecule has 0 bridgehead atoms. The van der Waals surface area contributed by atoms with Gasteiger partial charge in [-0.25, -0.2) is 14.2 Å². The number of ether oxygens (including phenoxy) is 1. The fourth-order valence-corrected chi connectivity index (χ4v) is 5.43. The number of carbonyl (C=O) groups is 2. The number of aromatic nitrogens is 1. The van der Waals surface area contributed by atoms with Crippen molar-refractivity contribution in [2.24, 2.45) is 0 Å². The molecule has 5 rings (SSSR count). The number of anilines is 2. The van der Waals surface area contributed by atoms with E-state index in [0.29, 0.717) is 45.0 Å². The molecule has 1 aromatic heterocycles. The molecule has 9 heteroatoms. The van der Waals surface area contributed by atoms with Crippen LogP contribution in [0.2, 0.25) is 0 Å². The summed E-state index contributed by atoms with van der Waals surface area (Å²) in [5.74, 6) is 0.722. The Labute approximate surface area is 228 Å². The zero-order valence-electron chi connectivity index (χ0n) is 22.9. The van der Waals surface area contributed by atoms with Crippen LogP contribution in [0, 0.1) is 19.7 Å².